The molecule has 0 aliphatic heterocycles. The maximum Gasteiger partial charge on any atom is 0.126 e. The Kier molecular flexibility index (Phi) is 2.96. The van der Waals surface area contributed by atoms with Gasteiger partial charge in [-0.1, -0.05) is 12.7 Å². The van der Waals surface area contributed by atoms with Crippen molar-refractivity contribution < 1.29 is 9.47 Å². The van der Waals surface area contributed by atoms with Crippen molar-refractivity contribution in [3.63, 3.8) is 0 Å². The van der Waals surface area contributed by atoms with Crippen LogP contribution in [-0.2, 0) is 0 Å². The number of rotatable bonds is 3. The second-order valence-electron chi connectivity index (χ2n) is 2.75. The van der Waals surface area contributed by atoms with Crippen LogP contribution < -0.4 is 9.47 Å². The molecular weight excluding hydrogens is 164 g/mol. The first-order valence-corrected chi connectivity index (χ1v) is 4.08. The van der Waals surface area contributed by atoms with Gasteiger partial charge in [0.1, 0.15) is 11.5 Å². The molecular formula is C11H14O2. The molecule has 1 rings (SSSR count). The molecule has 0 saturated carbocycles. The zero-order valence-electron chi connectivity index (χ0n) is 8.26. The highest BCUT2D eigenvalue weighted by atomic mass is 16.5. The quantitative estimate of drug-likeness (QED) is 0.708. The van der Waals surface area contributed by atoms with E-state index in [2.05, 4.69) is 6.58 Å². The molecule has 0 spiro atoms. The van der Waals surface area contributed by atoms with Gasteiger partial charge in [0.15, 0.2) is 0 Å². The number of hydrogen-bond acceptors (Lipinski definition) is 2. The van der Waals surface area contributed by atoms with Crippen molar-refractivity contribution in [2.75, 3.05) is 14.2 Å². The van der Waals surface area contributed by atoms with E-state index in [4.69, 9.17) is 9.47 Å². The summed E-state index contributed by atoms with van der Waals surface area (Å²) in [6.07, 6.45) is 1.77. The van der Waals surface area contributed by atoms with Crippen LogP contribution in [0.1, 0.15) is 11.1 Å². The average Bonchev–Trinajstić information content (AvgIpc) is 2.18. The standard InChI is InChI=1S/C11H14O2/c1-5-9-6-10(12-3)8(2)11(7-9)13-4/h5-7H,1H2,2-4H3. The van der Waals surface area contributed by atoms with E-state index in [9.17, 15) is 0 Å². The zero-order valence-corrected chi connectivity index (χ0v) is 8.26. The van der Waals surface area contributed by atoms with Gasteiger partial charge in [0.05, 0.1) is 14.2 Å². The fourth-order valence-electron chi connectivity index (χ4n) is 1.22. The largest absolute Gasteiger partial charge is 0.496 e. The van der Waals surface area contributed by atoms with E-state index in [-0.39, 0.29) is 0 Å². The topological polar surface area (TPSA) is 18.5 Å². The van der Waals surface area contributed by atoms with Crippen molar-refractivity contribution in [3.8, 4) is 11.5 Å². The summed E-state index contributed by atoms with van der Waals surface area (Å²) in [6.45, 7) is 5.66. The molecule has 2 nitrogen and oxygen atoms in total. The third kappa shape index (κ3) is 1.83. The van der Waals surface area contributed by atoms with Gasteiger partial charge in [-0.25, -0.2) is 0 Å². The Morgan fingerprint density at radius 2 is 1.62 bits per heavy atom. The van der Waals surface area contributed by atoms with Crippen molar-refractivity contribution in [2.24, 2.45) is 0 Å². The van der Waals surface area contributed by atoms with Crippen LogP contribution in [0.15, 0.2) is 18.7 Å². The molecule has 1 aromatic rings. The molecule has 70 valence electrons. The number of hydrogen-bond donors (Lipinski definition) is 0. The molecule has 0 saturated heterocycles. The fourth-order valence-corrected chi connectivity index (χ4v) is 1.22. The van der Waals surface area contributed by atoms with Crippen LogP contribution >= 0.6 is 0 Å². The molecule has 1 aromatic carbocycles. The van der Waals surface area contributed by atoms with E-state index in [0.717, 1.165) is 22.6 Å². The summed E-state index contributed by atoms with van der Waals surface area (Å²) in [4.78, 5) is 0. The normalized spacial score (nSPS) is 9.46. The van der Waals surface area contributed by atoms with Crippen LogP contribution in [0.5, 0.6) is 11.5 Å². The fraction of sp³-hybridized carbons (Fsp3) is 0.273. The van der Waals surface area contributed by atoms with Crippen molar-refractivity contribution >= 4 is 6.08 Å². The van der Waals surface area contributed by atoms with Crippen molar-refractivity contribution in [3.05, 3.63) is 29.8 Å². The number of ether oxygens (including phenoxy) is 2. The van der Waals surface area contributed by atoms with Gasteiger partial charge in [0.2, 0.25) is 0 Å². The molecule has 0 atom stereocenters. The van der Waals surface area contributed by atoms with E-state index >= 15 is 0 Å². The molecule has 0 aliphatic carbocycles. The molecule has 2 heteroatoms. The van der Waals surface area contributed by atoms with E-state index in [1.165, 1.54) is 0 Å². The highest BCUT2D eigenvalue weighted by molar-refractivity contribution is 5.57. The van der Waals surface area contributed by atoms with Gasteiger partial charge in [0, 0.05) is 5.56 Å². The van der Waals surface area contributed by atoms with Crippen molar-refractivity contribution in [1.29, 1.82) is 0 Å². The summed E-state index contributed by atoms with van der Waals surface area (Å²) in [7, 11) is 3.29. The number of methoxy groups -OCH3 is 2. The average molecular weight is 178 g/mol. The van der Waals surface area contributed by atoms with E-state index in [0.29, 0.717) is 0 Å². The summed E-state index contributed by atoms with van der Waals surface area (Å²) in [5.41, 5.74) is 2.01. The monoisotopic (exact) mass is 178 g/mol. The Bertz CT molecular complexity index is 291. The maximum atomic E-state index is 5.20. The summed E-state index contributed by atoms with van der Waals surface area (Å²) >= 11 is 0. The molecule has 0 bridgehead atoms. The highest BCUT2D eigenvalue weighted by Crippen LogP contribution is 2.29. The minimum absolute atomic E-state index is 0.828. The van der Waals surface area contributed by atoms with Crippen LogP contribution in [0, 0.1) is 6.92 Å². The Morgan fingerprint density at radius 3 is 1.92 bits per heavy atom. The minimum atomic E-state index is 0.828. The summed E-state index contributed by atoms with van der Waals surface area (Å²) in [5, 5.41) is 0. The lowest BCUT2D eigenvalue weighted by atomic mass is 10.1. The minimum Gasteiger partial charge on any atom is -0.496 e. The lowest BCUT2D eigenvalue weighted by molar-refractivity contribution is 0.388. The summed E-state index contributed by atoms with van der Waals surface area (Å²) in [6, 6.07) is 3.87. The van der Waals surface area contributed by atoms with Gasteiger partial charge in [0.25, 0.3) is 0 Å². The Labute approximate surface area is 78.8 Å². The first-order valence-electron chi connectivity index (χ1n) is 4.08. The molecule has 13 heavy (non-hydrogen) atoms. The molecule has 0 aliphatic rings. The van der Waals surface area contributed by atoms with Crippen molar-refractivity contribution in [1.82, 2.24) is 0 Å². The van der Waals surface area contributed by atoms with Gasteiger partial charge < -0.3 is 9.47 Å². The molecule has 0 heterocycles. The second kappa shape index (κ2) is 3.99. The van der Waals surface area contributed by atoms with Gasteiger partial charge in [-0.3, -0.25) is 0 Å². The van der Waals surface area contributed by atoms with E-state index < -0.39 is 0 Å². The molecule has 0 amide bonds. The Hall–Kier alpha value is -1.44. The van der Waals surface area contributed by atoms with Gasteiger partial charge >= 0.3 is 0 Å². The molecule has 0 radical (unpaired) electrons. The van der Waals surface area contributed by atoms with Crippen LogP contribution in [0.4, 0.5) is 0 Å². The highest BCUT2D eigenvalue weighted by Gasteiger charge is 2.05. The Morgan fingerprint density at radius 1 is 1.15 bits per heavy atom. The van der Waals surface area contributed by atoms with Crippen LogP contribution in [0.25, 0.3) is 6.08 Å². The first-order chi connectivity index (χ1) is 6.22. The third-order valence-corrected chi connectivity index (χ3v) is 2.01. The van der Waals surface area contributed by atoms with Gasteiger partial charge in [-0.15, -0.1) is 0 Å². The predicted octanol–water partition coefficient (Wildman–Crippen LogP) is 2.66. The Balaban J connectivity index is 3.28. The summed E-state index contributed by atoms with van der Waals surface area (Å²) < 4.78 is 10.4. The second-order valence-corrected chi connectivity index (χ2v) is 2.75. The lowest BCUT2D eigenvalue weighted by Gasteiger charge is -2.10. The SMILES string of the molecule is C=Cc1cc(OC)c(C)c(OC)c1. The predicted molar refractivity (Wildman–Crippen MR) is 54.4 cm³/mol. The maximum absolute atomic E-state index is 5.20. The molecule has 0 fully saturated rings. The van der Waals surface area contributed by atoms with E-state index in [1.807, 2.05) is 19.1 Å². The van der Waals surface area contributed by atoms with Crippen LogP contribution in [-0.4, -0.2) is 14.2 Å². The van der Waals surface area contributed by atoms with Crippen LogP contribution in [0.2, 0.25) is 0 Å². The first kappa shape index (κ1) is 9.65. The van der Waals surface area contributed by atoms with Crippen LogP contribution in [0.3, 0.4) is 0 Å². The third-order valence-electron chi connectivity index (χ3n) is 2.01. The molecule has 0 N–H and O–H groups in total. The molecule has 0 unspecified atom stereocenters. The number of benzene rings is 1. The van der Waals surface area contributed by atoms with Gasteiger partial charge in [-0.2, -0.15) is 0 Å². The zero-order chi connectivity index (χ0) is 9.84. The lowest BCUT2D eigenvalue weighted by Crippen LogP contribution is -1.93. The van der Waals surface area contributed by atoms with Gasteiger partial charge in [-0.05, 0) is 24.6 Å². The van der Waals surface area contributed by atoms with Crippen molar-refractivity contribution in [2.45, 2.75) is 6.92 Å². The summed E-state index contributed by atoms with van der Waals surface area (Å²) in [5.74, 6) is 1.66. The smallest absolute Gasteiger partial charge is 0.126 e. The molecule has 0 aromatic heterocycles. The van der Waals surface area contributed by atoms with E-state index in [1.54, 1.807) is 20.3 Å².